The molecule has 0 fully saturated rings. The lowest BCUT2D eigenvalue weighted by Crippen LogP contribution is -2.14. The molecule has 0 saturated carbocycles. The average Bonchev–Trinajstić information content (AvgIpc) is 3.20. The van der Waals surface area contributed by atoms with E-state index in [-0.39, 0.29) is 11.7 Å². The fourth-order valence-electron chi connectivity index (χ4n) is 3.29. The first kappa shape index (κ1) is 24.0. The van der Waals surface area contributed by atoms with Crippen LogP contribution in [0.1, 0.15) is 28.3 Å². The van der Waals surface area contributed by atoms with Crippen LogP contribution in [0.3, 0.4) is 0 Å². The maximum absolute atomic E-state index is 12.5. The highest BCUT2D eigenvalue weighted by molar-refractivity contribution is 7.99. The smallest absolute Gasteiger partial charge is 0.234 e. The summed E-state index contributed by atoms with van der Waals surface area (Å²) >= 11 is 2.88. The van der Waals surface area contributed by atoms with Crippen molar-refractivity contribution >= 4 is 35.1 Å². The van der Waals surface area contributed by atoms with E-state index >= 15 is 0 Å². The van der Waals surface area contributed by atoms with Gasteiger partial charge in [0.25, 0.3) is 0 Å². The van der Waals surface area contributed by atoms with Crippen LogP contribution in [0.15, 0.2) is 64.9 Å². The molecule has 2 aromatic heterocycles. The number of rotatable bonds is 8. The molecule has 0 spiro atoms. The number of hydrogen-bond acceptors (Lipinski definition) is 7. The van der Waals surface area contributed by atoms with Gasteiger partial charge in [-0.3, -0.25) is 9.36 Å². The Bertz CT molecular complexity index is 1270. The molecule has 0 bridgehead atoms. The van der Waals surface area contributed by atoms with Crippen molar-refractivity contribution in [2.75, 3.05) is 11.1 Å². The Hall–Kier alpha value is -3.17. The number of nitrogens with one attached hydrogen (secondary N) is 1. The number of aryl methyl sites for hydroxylation is 4. The molecule has 9 heteroatoms. The minimum Gasteiger partial charge on any atom is -0.325 e. The van der Waals surface area contributed by atoms with Crippen LogP contribution in [0.2, 0.25) is 0 Å². The standard InChI is InChI=1S/C25H26N6OS2/c1-16-5-9-20(10-6-16)28-23(32)15-34-25-30-29-22(31(25)21-11-7-17(2)8-12-21)14-33-24-26-18(3)13-19(4)27-24/h5-13H,14-15H2,1-4H3,(H,28,32). The largest absolute Gasteiger partial charge is 0.325 e. The number of carbonyl (C=O) groups excluding carboxylic acids is 1. The fourth-order valence-corrected chi connectivity index (χ4v) is 4.92. The molecule has 0 radical (unpaired) electrons. The van der Waals surface area contributed by atoms with Gasteiger partial charge in [-0.25, -0.2) is 9.97 Å². The van der Waals surface area contributed by atoms with Crippen molar-refractivity contribution in [3.05, 3.63) is 82.9 Å². The Balaban J connectivity index is 1.52. The summed E-state index contributed by atoms with van der Waals surface area (Å²) in [5.41, 5.74) is 5.92. The molecular formula is C25H26N6OS2. The third kappa shape index (κ3) is 6.24. The number of amides is 1. The van der Waals surface area contributed by atoms with E-state index in [4.69, 9.17) is 0 Å². The first-order valence-corrected chi connectivity index (χ1v) is 12.8. The Morgan fingerprint density at radius 3 is 2.12 bits per heavy atom. The quantitative estimate of drug-likeness (QED) is 0.264. The molecule has 1 N–H and O–H groups in total. The number of nitrogens with zero attached hydrogens (tertiary/aromatic N) is 5. The predicted octanol–water partition coefficient (Wildman–Crippen LogP) is 5.31. The van der Waals surface area contributed by atoms with Gasteiger partial charge in [-0.2, -0.15) is 0 Å². The van der Waals surface area contributed by atoms with Gasteiger partial charge in [0.15, 0.2) is 10.3 Å². The Labute approximate surface area is 207 Å². The first-order valence-electron chi connectivity index (χ1n) is 10.8. The molecule has 2 heterocycles. The highest BCUT2D eigenvalue weighted by Crippen LogP contribution is 2.26. The Morgan fingerprint density at radius 2 is 1.47 bits per heavy atom. The van der Waals surface area contributed by atoms with Crippen molar-refractivity contribution in [3.63, 3.8) is 0 Å². The van der Waals surface area contributed by atoms with Crippen molar-refractivity contribution in [2.45, 2.75) is 43.8 Å². The van der Waals surface area contributed by atoms with E-state index in [1.807, 2.05) is 67.8 Å². The van der Waals surface area contributed by atoms with Crippen LogP contribution in [0.5, 0.6) is 0 Å². The lowest BCUT2D eigenvalue weighted by Gasteiger charge is -2.11. The number of benzene rings is 2. The molecule has 4 rings (SSSR count). The van der Waals surface area contributed by atoms with Gasteiger partial charge in [-0.05, 0) is 58.0 Å². The van der Waals surface area contributed by atoms with E-state index in [0.717, 1.165) is 34.2 Å². The summed E-state index contributed by atoms with van der Waals surface area (Å²) < 4.78 is 2.00. The lowest BCUT2D eigenvalue weighted by molar-refractivity contribution is -0.113. The zero-order chi connectivity index (χ0) is 24.1. The number of hydrogen-bond donors (Lipinski definition) is 1. The molecule has 0 aliphatic carbocycles. The molecule has 0 aliphatic rings. The number of anilines is 1. The molecule has 34 heavy (non-hydrogen) atoms. The van der Waals surface area contributed by atoms with Crippen molar-refractivity contribution < 1.29 is 4.79 Å². The topological polar surface area (TPSA) is 85.6 Å². The highest BCUT2D eigenvalue weighted by Gasteiger charge is 2.17. The van der Waals surface area contributed by atoms with Crippen LogP contribution in [0, 0.1) is 27.7 Å². The predicted molar refractivity (Wildman–Crippen MR) is 138 cm³/mol. The maximum Gasteiger partial charge on any atom is 0.234 e. The van der Waals surface area contributed by atoms with Crippen LogP contribution in [-0.2, 0) is 10.5 Å². The van der Waals surface area contributed by atoms with Crippen LogP contribution in [0.4, 0.5) is 5.69 Å². The zero-order valence-electron chi connectivity index (χ0n) is 19.6. The minimum atomic E-state index is -0.0909. The van der Waals surface area contributed by atoms with E-state index < -0.39 is 0 Å². The van der Waals surface area contributed by atoms with Crippen molar-refractivity contribution in [2.24, 2.45) is 0 Å². The van der Waals surface area contributed by atoms with Crippen molar-refractivity contribution in [1.82, 2.24) is 24.7 Å². The lowest BCUT2D eigenvalue weighted by atomic mass is 10.2. The van der Waals surface area contributed by atoms with E-state index in [1.165, 1.54) is 29.1 Å². The summed E-state index contributed by atoms with van der Waals surface area (Å²) in [4.78, 5) is 21.6. The maximum atomic E-state index is 12.5. The normalized spacial score (nSPS) is 10.9. The monoisotopic (exact) mass is 490 g/mol. The molecule has 0 unspecified atom stereocenters. The van der Waals surface area contributed by atoms with E-state index in [9.17, 15) is 4.79 Å². The third-order valence-electron chi connectivity index (χ3n) is 4.95. The molecule has 0 saturated heterocycles. The molecule has 2 aromatic carbocycles. The summed E-state index contributed by atoms with van der Waals surface area (Å²) in [7, 11) is 0. The fraction of sp³-hybridized carbons (Fsp3) is 0.240. The van der Waals surface area contributed by atoms with Crippen LogP contribution in [-0.4, -0.2) is 36.4 Å². The number of carbonyl (C=O) groups is 1. The summed E-state index contributed by atoms with van der Waals surface area (Å²) in [5.74, 6) is 1.47. The van der Waals surface area contributed by atoms with Gasteiger partial charge in [0.05, 0.1) is 11.5 Å². The average molecular weight is 491 g/mol. The van der Waals surface area contributed by atoms with Gasteiger partial charge in [0.1, 0.15) is 5.82 Å². The second-order valence-corrected chi connectivity index (χ2v) is 9.88. The summed E-state index contributed by atoms with van der Waals surface area (Å²) in [6, 6.07) is 17.9. The molecule has 0 aliphatic heterocycles. The SMILES string of the molecule is Cc1ccc(NC(=O)CSc2nnc(CSc3nc(C)cc(C)n3)n2-c2ccc(C)cc2)cc1. The van der Waals surface area contributed by atoms with Gasteiger partial charge in [0.2, 0.25) is 5.91 Å². The third-order valence-corrected chi connectivity index (χ3v) is 6.72. The van der Waals surface area contributed by atoms with Gasteiger partial charge in [-0.15, -0.1) is 10.2 Å². The highest BCUT2D eigenvalue weighted by atomic mass is 32.2. The Morgan fingerprint density at radius 1 is 0.853 bits per heavy atom. The van der Waals surface area contributed by atoms with Gasteiger partial charge in [0, 0.05) is 22.8 Å². The van der Waals surface area contributed by atoms with Crippen LogP contribution >= 0.6 is 23.5 Å². The number of aromatic nitrogens is 5. The summed E-state index contributed by atoms with van der Waals surface area (Å²) in [6.07, 6.45) is 0. The molecule has 7 nitrogen and oxygen atoms in total. The molecule has 174 valence electrons. The molecule has 0 atom stereocenters. The summed E-state index contributed by atoms with van der Waals surface area (Å²) in [6.45, 7) is 7.99. The molecular weight excluding hydrogens is 464 g/mol. The van der Waals surface area contributed by atoms with E-state index in [2.05, 4.69) is 44.5 Å². The van der Waals surface area contributed by atoms with Crippen molar-refractivity contribution in [3.8, 4) is 5.69 Å². The second kappa shape index (κ2) is 10.8. The number of thioether (sulfide) groups is 2. The van der Waals surface area contributed by atoms with Gasteiger partial charge < -0.3 is 5.32 Å². The van der Waals surface area contributed by atoms with Gasteiger partial charge in [-0.1, -0.05) is 58.9 Å². The molecule has 4 aromatic rings. The summed E-state index contributed by atoms with van der Waals surface area (Å²) in [5, 5.41) is 13.1. The van der Waals surface area contributed by atoms with Gasteiger partial charge >= 0.3 is 0 Å². The first-order chi connectivity index (χ1) is 16.4. The second-order valence-electron chi connectivity index (χ2n) is 7.99. The zero-order valence-corrected chi connectivity index (χ0v) is 21.2. The van der Waals surface area contributed by atoms with Crippen LogP contribution < -0.4 is 5.32 Å². The molecule has 1 amide bonds. The van der Waals surface area contributed by atoms with Crippen molar-refractivity contribution in [1.29, 1.82) is 0 Å². The van der Waals surface area contributed by atoms with Crippen LogP contribution in [0.25, 0.3) is 5.69 Å². The van der Waals surface area contributed by atoms with E-state index in [0.29, 0.717) is 16.1 Å². The minimum absolute atomic E-state index is 0.0909. The Kier molecular flexibility index (Phi) is 7.64. The van der Waals surface area contributed by atoms with E-state index in [1.54, 1.807) is 0 Å².